The van der Waals surface area contributed by atoms with Crippen molar-refractivity contribution in [3.63, 3.8) is 0 Å². The predicted octanol–water partition coefficient (Wildman–Crippen LogP) is 2.38. The molecular weight excluding hydrogens is 386 g/mol. The van der Waals surface area contributed by atoms with E-state index in [0.717, 1.165) is 12.8 Å². The first kappa shape index (κ1) is 29.9. The van der Waals surface area contributed by atoms with Crippen LogP contribution in [0.15, 0.2) is 0 Å². The fourth-order valence-corrected chi connectivity index (χ4v) is 3.07. The van der Waals surface area contributed by atoms with Crippen LogP contribution >= 0.6 is 0 Å². The van der Waals surface area contributed by atoms with Gasteiger partial charge >= 0.3 is 10.4 Å². The molecule has 28 heavy (non-hydrogen) atoms. The number of aliphatic hydroxyl groups excluding tert-OH is 3. The van der Waals surface area contributed by atoms with Crippen LogP contribution in [0.5, 0.6) is 0 Å². The minimum Gasteiger partial charge on any atom is -0.392 e. The lowest BCUT2D eigenvalue weighted by Crippen LogP contribution is -2.40. The van der Waals surface area contributed by atoms with Crippen LogP contribution in [0.1, 0.15) is 79.1 Å². The molecule has 172 valence electrons. The summed E-state index contributed by atoms with van der Waals surface area (Å²) in [7, 11) is -4.23. The molecule has 0 spiro atoms. The highest BCUT2D eigenvalue weighted by Gasteiger charge is 2.12. The number of hydrogen-bond donors (Lipinski definition) is 4. The molecule has 0 fully saturated rings. The van der Waals surface area contributed by atoms with Crippen molar-refractivity contribution in [1.29, 1.82) is 0 Å². The van der Waals surface area contributed by atoms with E-state index in [0.29, 0.717) is 26.1 Å². The molecule has 0 saturated carbocycles. The number of nitrogens with zero attached hydrogens (tertiary/aromatic N) is 1. The molecule has 0 radical (unpaired) electrons. The molecule has 4 N–H and O–H groups in total. The second kappa shape index (κ2) is 18.7. The van der Waals surface area contributed by atoms with Crippen molar-refractivity contribution >= 4 is 10.4 Å². The summed E-state index contributed by atoms with van der Waals surface area (Å²) < 4.78 is 32.8. The van der Waals surface area contributed by atoms with E-state index in [1.807, 2.05) is 4.90 Å². The molecule has 9 heteroatoms. The minimum absolute atomic E-state index is 0.0911. The van der Waals surface area contributed by atoms with E-state index in [1.165, 1.54) is 32.1 Å². The fraction of sp³-hybridized carbons (Fsp3) is 1.00. The Hall–Kier alpha value is -0.290. The first-order valence-corrected chi connectivity index (χ1v) is 11.7. The predicted molar refractivity (Wildman–Crippen MR) is 112 cm³/mol. The largest absolute Gasteiger partial charge is 0.397 e. The van der Waals surface area contributed by atoms with Crippen molar-refractivity contribution in [3.8, 4) is 0 Å². The molecule has 0 saturated heterocycles. The zero-order valence-corrected chi connectivity index (χ0v) is 18.9. The summed E-state index contributed by atoms with van der Waals surface area (Å²) in [5, 5.41) is 27.4. The maximum Gasteiger partial charge on any atom is 0.397 e. The van der Waals surface area contributed by atoms with Crippen LogP contribution in [0.4, 0.5) is 0 Å². The van der Waals surface area contributed by atoms with Gasteiger partial charge in [0.25, 0.3) is 0 Å². The van der Waals surface area contributed by atoms with Crippen molar-refractivity contribution in [2.75, 3.05) is 26.2 Å². The van der Waals surface area contributed by atoms with Crippen molar-refractivity contribution in [1.82, 2.24) is 4.90 Å². The minimum atomic E-state index is -4.23. The van der Waals surface area contributed by atoms with Gasteiger partial charge in [-0.15, -0.1) is 0 Å². The van der Waals surface area contributed by atoms with Gasteiger partial charge in [-0.3, -0.25) is 9.45 Å². The third kappa shape index (κ3) is 27.9. The molecule has 0 aromatic rings. The van der Waals surface area contributed by atoms with E-state index >= 15 is 0 Å². The molecule has 0 rings (SSSR count). The quantitative estimate of drug-likeness (QED) is 0.217. The van der Waals surface area contributed by atoms with E-state index < -0.39 is 28.7 Å². The van der Waals surface area contributed by atoms with Gasteiger partial charge in [-0.1, -0.05) is 51.9 Å². The molecule has 0 bridgehead atoms. The second-order valence-corrected chi connectivity index (χ2v) is 8.58. The average Bonchev–Trinajstić information content (AvgIpc) is 2.51. The summed E-state index contributed by atoms with van der Waals surface area (Å²) in [4.78, 5) is 1.85. The smallest absolute Gasteiger partial charge is 0.392 e. The van der Waals surface area contributed by atoms with Gasteiger partial charge in [0.05, 0.1) is 24.9 Å². The van der Waals surface area contributed by atoms with Crippen LogP contribution < -0.4 is 0 Å². The number of rotatable bonds is 16. The van der Waals surface area contributed by atoms with Gasteiger partial charge in [-0.2, -0.15) is 8.42 Å². The maximum absolute atomic E-state index is 10.2. The Labute approximate surface area is 171 Å². The second-order valence-electron chi connectivity index (χ2n) is 7.49. The summed E-state index contributed by atoms with van der Waals surface area (Å²) in [6.45, 7) is 8.80. The van der Waals surface area contributed by atoms with Crippen molar-refractivity contribution < 1.29 is 32.5 Å². The van der Waals surface area contributed by atoms with Crippen LogP contribution in [-0.2, 0) is 14.6 Å². The molecule has 3 atom stereocenters. The van der Waals surface area contributed by atoms with Gasteiger partial charge < -0.3 is 15.3 Å². The van der Waals surface area contributed by atoms with Crippen LogP contribution in [0.2, 0.25) is 0 Å². The fourth-order valence-electron chi connectivity index (χ4n) is 2.74. The monoisotopic (exact) mass is 429 g/mol. The number of unbranched alkanes of at least 4 members (excludes halogenated alkanes) is 7. The Morgan fingerprint density at radius 3 is 1.43 bits per heavy atom. The molecule has 0 aliphatic carbocycles. The first-order valence-electron chi connectivity index (χ1n) is 10.4. The maximum atomic E-state index is 10.2. The molecule has 3 unspecified atom stereocenters. The van der Waals surface area contributed by atoms with Gasteiger partial charge in [0, 0.05) is 19.6 Å². The SMILES string of the molecule is CC(O)CN(CC(C)O)CC(C)O.CCCCCCCCCCOS(=O)(=O)O. The molecule has 0 aromatic carbocycles. The molecule has 8 nitrogen and oxygen atoms in total. The highest BCUT2D eigenvalue weighted by molar-refractivity contribution is 7.80. The Bertz CT molecular complexity index is 404. The number of aliphatic hydroxyl groups is 3. The summed E-state index contributed by atoms with van der Waals surface area (Å²) in [5.74, 6) is 0. The van der Waals surface area contributed by atoms with E-state index in [4.69, 9.17) is 19.9 Å². The van der Waals surface area contributed by atoms with Gasteiger partial charge in [0.2, 0.25) is 0 Å². The van der Waals surface area contributed by atoms with Crippen molar-refractivity contribution in [3.05, 3.63) is 0 Å². The molecular formula is C19H43NO7S. The van der Waals surface area contributed by atoms with E-state index in [9.17, 15) is 8.42 Å². The molecule has 0 aliphatic heterocycles. The zero-order chi connectivity index (χ0) is 22.0. The summed E-state index contributed by atoms with van der Waals surface area (Å²) >= 11 is 0. The highest BCUT2D eigenvalue weighted by Crippen LogP contribution is 2.08. The lowest BCUT2D eigenvalue weighted by Gasteiger charge is -2.25. The first-order chi connectivity index (χ1) is 13.0. The van der Waals surface area contributed by atoms with E-state index in [2.05, 4.69) is 11.1 Å². The van der Waals surface area contributed by atoms with Crippen LogP contribution in [0.3, 0.4) is 0 Å². The molecule has 0 aromatic heterocycles. The Morgan fingerprint density at radius 1 is 0.750 bits per heavy atom. The normalized spacial score (nSPS) is 15.0. The van der Waals surface area contributed by atoms with E-state index in [1.54, 1.807) is 20.8 Å². The third-order valence-electron chi connectivity index (χ3n) is 3.80. The topological polar surface area (TPSA) is 128 Å². The molecule has 0 aliphatic rings. The zero-order valence-electron chi connectivity index (χ0n) is 18.1. The van der Waals surface area contributed by atoms with Crippen molar-refractivity contribution in [2.24, 2.45) is 0 Å². The number of hydrogen-bond acceptors (Lipinski definition) is 7. The summed E-state index contributed by atoms with van der Waals surface area (Å²) in [6.07, 6.45) is 7.76. The lowest BCUT2D eigenvalue weighted by atomic mass is 10.1. The Balaban J connectivity index is 0. The van der Waals surface area contributed by atoms with Gasteiger partial charge in [-0.25, -0.2) is 4.18 Å². The standard InChI is InChI=1S/C10H22O4S.C9H21NO3/c1-2-3-4-5-6-7-8-9-10-14-15(11,12)13;1-7(11)4-10(5-8(2)12)6-9(3)13/h2-10H2,1H3,(H,11,12,13);7-9,11-13H,4-6H2,1-3H3. The van der Waals surface area contributed by atoms with Crippen LogP contribution in [-0.4, -0.2) is 77.7 Å². The van der Waals surface area contributed by atoms with Crippen molar-refractivity contribution in [2.45, 2.75) is 97.4 Å². The Kier molecular flexibility index (Phi) is 20.0. The van der Waals surface area contributed by atoms with E-state index in [-0.39, 0.29) is 6.61 Å². The summed E-state index contributed by atoms with van der Waals surface area (Å²) in [5.41, 5.74) is 0. The van der Waals surface area contributed by atoms with Gasteiger partial charge in [-0.05, 0) is 27.2 Å². The highest BCUT2D eigenvalue weighted by atomic mass is 32.3. The summed E-state index contributed by atoms with van der Waals surface area (Å²) in [6, 6.07) is 0. The average molecular weight is 430 g/mol. The Morgan fingerprint density at radius 2 is 1.11 bits per heavy atom. The molecule has 0 amide bonds. The third-order valence-corrected chi connectivity index (χ3v) is 4.26. The van der Waals surface area contributed by atoms with Gasteiger partial charge in [0.15, 0.2) is 0 Å². The van der Waals surface area contributed by atoms with Gasteiger partial charge in [0.1, 0.15) is 0 Å². The van der Waals surface area contributed by atoms with Crippen LogP contribution in [0.25, 0.3) is 0 Å². The molecule has 0 heterocycles. The lowest BCUT2D eigenvalue weighted by molar-refractivity contribution is 0.0530. The van der Waals surface area contributed by atoms with Crippen LogP contribution in [0, 0.1) is 0 Å².